The van der Waals surface area contributed by atoms with Crippen LogP contribution in [0.3, 0.4) is 0 Å². The Balaban J connectivity index is 1.53. The topological polar surface area (TPSA) is 60.5 Å². The summed E-state index contributed by atoms with van der Waals surface area (Å²) in [6, 6.07) is 13.5. The quantitative estimate of drug-likeness (QED) is 0.635. The Morgan fingerprint density at radius 3 is 2.66 bits per heavy atom. The molecule has 190 valence electrons. The molecule has 7 nitrogen and oxygen atoms in total. The number of amides is 1. The van der Waals surface area contributed by atoms with E-state index in [0.717, 1.165) is 81.2 Å². The van der Waals surface area contributed by atoms with Gasteiger partial charge < -0.3 is 23.8 Å². The van der Waals surface area contributed by atoms with Crippen molar-refractivity contribution in [1.82, 2.24) is 9.80 Å². The van der Waals surface area contributed by atoms with Crippen LogP contribution in [0.2, 0.25) is 0 Å². The van der Waals surface area contributed by atoms with Gasteiger partial charge in [-0.15, -0.1) is 0 Å². The minimum atomic E-state index is 0.0802. The first-order valence-corrected chi connectivity index (χ1v) is 12.6. The number of fused-ring (bicyclic) bond motifs is 4. The molecule has 0 N–H and O–H groups in total. The first-order chi connectivity index (χ1) is 17.1. The van der Waals surface area contributed by atoms with Crippen molar-refractivity contribution >= 4 is 5.91 Å². The van der Waals surface area contributed by atoms with Crippen molar-refractivity contribution in [2.45, 2.75) is 38.3 Å². The van der Waals surface area contributed by atoms with E-state index >= 15 is 0 Å². The number of piperidine rings is 1. The molecule has 2 aromatic rings. The van der Waals surface area contributed by atoms with E-state index in [4.69, 9.17) is 18.9 Å². The monoisotopic (exact) mass is 482 g/mol. The molecule has 0 spiro atoms. The number of hydrogen-bond donors (Lipinski definition) is 0. The van der Waals surface area contributed by atoms with Gasteiger partial charge in [0.1, 0.15) is 23.9 Å². The van der Waals surface area contributed by atoms with E-state index in [1.165, 1.54) is 0 Å². The molecule has 0 saturated carbocycles. The van der Waals surface area contributed by atoms with Crippen molar-refractivity contribution in [2.24, 2.45) is 5.92 Å². The summed E-state index contributed by atoms with van der Waals surface area (Å²) in [5, 5.41) is 0. The van der Waals surface area contributed by atoms with Crippen LogP contribution >= 0.6 is 0 Å². The second-order valence-electron chi connectivity index (χ2n) is 9.40. The fraction of sp³-hybridized carbons (Fsp3) is 0.536. The van der Waals surface area contributed by atoms with Gasteiger partial charge in [-0.25, -0.2) is 0 Å². The molecule has 2 aliphatic heterocycles. The average Bonchev–Trinajstić information content (AvgIpc) is 2.90. The third kappa shape index (κ3) is 6.47. The van der Waals surface area contributed by atoms with Crippen LogP contribution in [-0.2, 0) is 11.3 Å². The molecule has 0 unspecified atom stereocenters. The molecular formula is C28H38N2O5. The standard InChI is InChI=1S/C28H38N2O5/c1-32-24-10-11-26(33-2)23(18-24)19-29-13-5-4-7-22-20-30(14-12-27(22)34-3)28(31)21-8-6-9-25(17-21)35-16-15-29/h6,8-11,17-18,22,27H,4-5,7,12-16,19-20H2,1-3H3/t22-,27+/m0/s1. The van der Waals surface area contributed by atoms with Crippen molar-refractivity contribution in [2.75, 3.05) is 54.1 Å². The number of hydrogen-bond acceptors (Lipinski definition) is 6. The number of nitrogens with zero attached hydrogens (tertiary/aromatic N) is 2. The van der Waals surface area contributed by atoms with Crippen molar-refractivity contribution in [1.29, 1.82) is 0 Å². The van der Waals surface area contributed by atoms with Gasteiger partial charge in [-0.3, -0.25) is 9.69 Å². The molecule has 4 bridgehead atoms. The second kappa shape index (κ2) is 12.3. The Hall–Kier alpha value is -2.77. The number of carbonyl (C=O) groups is 1. The summed E-state index contributed by atoms with van der Waals surface area (Å²) in [7, 11) is 5.18. The molecule has 7 heteroatoms. The van der Waals surface area contributed by atoms with E-state index in [9.17, 15) is 4.79 Å². The molecule has 0 aliphatic carbocycles. The Morgan fingerprint density at radius 1 is 0.971 bits per heavy atom. The zero-order valence-electron chi connectivity index (χ0n) is 21.2. The summed E-state index contributed by atoms with van der Waals surface area (Å²) in [5.74, 6) is 2.85. The number of benzene rings is 2. The van der Waals surface area contributed by atoms with E-state index in [-0.39, 0.29) is 12.0 Å². The highest BCUT2D eigenvalue weighted by Crippen LogP contribution is 2.28. The summed E-state index contributed by atoms with van der Waals surface area (Å²) in [6.45, 7) is 4.50. The van der Waals surface area contributed by atoms with Crippen molar-refractivity contribution < 1.29 is 23.7 Å². The Morgan fingerprint density at radius 2 is 1.86 bits per heavy atom. The summed E-state index contributed by atoms with van der Waals surface area (Å²) < 4.78 is 22.9. The molecule has 1 saturated heterocycles. The molecule has 2 aliphatic rings. The average molecular weight is 483 g/mol. The third-order valence-corrected chi connectivity index (χ3v) is 7.19. The first kappa shape index (κ1) is 25.3. The first-order valence-electron chi connectivity index (χ1n) is 12.6. The second-order valence-corrected chi connectivity index (χ2v) is 9.40. The van der Waals surface area contributed by atoms with E-state index in [0.29, 0.717) is 18.1 Å². The molecule has 0 radical (unpaired) electrons. The molecule has 1 amide bonds. The fourth-order valence-electron chi connectivity index (χ4n) is 5.23. The molecular weight excluding hydrogens is 444 g/mol. The highest BCUT2D eigenvalue weighted by atomic mass is 16.5. The Labute approximate surface area is 208 Å². The normalized spacial score (nSPS) is 22.0. The predicted molar refractivity (Wildman–Crippen MR) is 135 cm³/mol. The highest BCUT2D eigenvalue weighted by Gasteiger charge is 2.31. The van der Waals surface area contributed by atoms with Gasteiger partial charge in [-0.05, 0) is 62.2 Å². The Bertz CT molecular complexity index is 982. The van der Waals surface area contributed by atoms with Crippen molar-refractivity contribution in [3.05, 3.63) is 53.6 Å². The number of carbonyl (C=O) groups excluding carboxylic acids is 1. The third-order valence-electron chi connectivity index (χ3n) is 7.19. The lowest BCUT2D eigenvalue weighted by Gasteiger charge is -2.38. The maximum atomic E-state index is 13.2. The molecule has 2 atom stereocenters. The van der Waals surface area contributed by atoms with Crippen LogP contribution in [0.25, 0.3) is 0 Å². The molecule has 2 heterocycles. The van der Waals surface area contributed by atoms with Gasteiger partial charge >= 0.3 is 0 Å². The van der Waals surface area contributed by atoms with Crippen LogP contribution in [0, 0.1) is 5.92 Å². The lowest BCUT2D eigenvalue weighted by Crippen LogP contribution is -2.46. The fourth-order valence-corrected chi connectivity index (χ4v) is 5.23. The van der Waals surface area contributed by atoms with Gasteiger partial charge in [0.15, 0.2) is 0 Å². The van der Waals surface area contributed by atoms with Crippen LogP contribution in [-0.4, -0.2) is 75.9 Å². The molecule has 1 fully saturated rings. The maximum Gasteiger partial charge on any atom is 0.254 e. The largest absolute Gasteiger partial charge is 0.497 e. The molecule has 35 heavy (non-hydrogen) atoms. The van der Waals surface area contributed by atoms with E-state index in [2.05, 4.69) is 4.90 Å². The zero-order valence-corrected chi connectivity index (χ0v) is 21.2. The zero-order chi connectivity index (χ0) is 24.6. The summed E-state index contributed by atoms with van der Waals surface area (Å²) >= 11 is 0. The SMILES string of the molecule is COc1ccc(OC)c(CN2CCCC[C@H]3CN(CC[C@H]3OC)C(=O)c3cccc(c3)OCC2)c1. The van der Waals surface area contributed by atoms with E-state index in [1.807, 2.05) is 47.4 Å². The van der Waals surface area contributed by atoms with E-state index in [1.54, 1.807) is 21.3 Å². The summed E-state index contributed by atoms with van der Waals surface area (Å²) in [6.07, 6.45) is 4.30. The van der Waals surface area contributed by atoms with Gasteiger partial charge in [0, 0.05) is 50.3 Å². The summed E-state index contributed by atoms with van der Waals surface area (Å²) in [4.78, 5) is 17.6. The number of methoxy groups -OCH3 is 3. The van der Waals surface area contributed by atoms with Crippen LogP contribution in [0.1, 0.15) is 41.6 Å². The smallest absolute Gasteiger partial charge is 0.254 e. The van der Waals surface area contributed by atoms with Gasteiger partial charge in [0.25, 0.3) is 5.91 Å². The molecule has 2 aromatic carbocycles. The van der Waals surface area contributed by atoms with Gasteiger partial charge in [0.2, 0.25) is 0 Å². The lowest BCUT2D eigenvalue weighted by molar-refractivity contribution is -0.00677. The van der Waals surface area contributed by atoms with Crippen LogP contribution in [0.15, 0.2) is 42.5 Å². The van der Waals surface area contributed by atoms with Gasteiger partial charge in [-0.1, -0.05) is 12.5 Å². The van der Waals surface area contributed by atoms with Gasteiger partial charge in [-0.2, -0.15) is 0 Å². The predicted octanol–water partition coefficient (Wildman–Crippen LogP) is 4.25. The number of rotatable bonds is 5. The highest BCUT2D eigenvalue weighted by molar-refractivity contribution is 5.94. The molecule has 0 aromatic heterocycles. The minimum Gasteiger partial charge on any atom is -0.497 e. The van der Waals surface area contributed by atoms with Crippen molar-refractivity contribution in [3.8, 4) is 17.2 Å². The minimum absolute atomic E-state index is 0.0802. The molecule has 4 rings (SSSR count). The maximum absolute atomic E-state index is 13.2. The summed E-state index contributed by atoms with van der Waals surface area (Å²) in [5.41, 5.74) is 1.78. The van der Waals surface area contributed by atoms with Crippen LogP contribution < -0.4 is 14.2 Å². The van der Waals surface area contributed by atoms with Gasteiger partial charge in [0.05, 0.1) is 20.3 Å². The lowest BCUT2D eigenvalue weighted by atomic mass is 9.89. The van der Waals surface area contributed by atoms with Crippen LogP contribution in [0.4, 0.5) is 0 Å². The van der Waals surface area contributed by atoms with Crippen molar-refractivity contribution in [3.63, 3.8) is 0 Å². The number of ether oxygens (including phenoxy) is 4. The Kier molecular flexibility index (Phi) is 8.88. The van der Waals surface area contributed by atoms with E-state index < -0.39 is 0 Å². The van der Waals surface area contributed by atoms with Crippen LogP contribution in [0.5, 0.6) is 17.2 Å².